The first kappa shape index (κ1) is 15.3. The summed E-state index contributed by atoms with van der Waals surface area (Å²) in [5.41, 5.74) is 6.78. The molecule has 3 N–H and O–H groups in total. The third-order valence-electron chi connectivity index (χ3n) is 3.98. The van der Waals surface area contributed by atoms with Crippen LogP contribution in [0.4, 0.5) is 0 Å². The monoisotopic (exact) mass is 278 g/mol. The molecular formula is C16H26N2O2. The Balaban J connectivity index is 1.73. The fourth-order valence-corrected chi connectivity index (χ4v) is 2.56. The van der Waals surface area contributed by atoms with Gasteiger partial charge < -0.3 is 15.6 Å². The number of hydrogen-bond donors (Lipinski definition) is 2. The minimum atomic E-state index is 0.226. The molecule has 0 heterocycles. The van der Waals surface area contributed by atoms with E-state index >= 15 is 0 Å². The molecule has 2 rings (SSSR count). The van der Waals surface area contributed by atoms with Crippen molar-refractivity contribution in [2.45, 2.75) is 31.7 Å². The average molecular weight is 278 g/mol. The van der Waals surface area contributed by atoms with Crippen LogP contribution in [-0.4, -0.2) is 48.9 Å². The maximum Gasteiger partial charge on any atom is 0.119 e. The molecule has 4 heteroatoms. The fourth-order valence-electron chi connectivity index (χ4n) is 2.56. The first-order valence-electron chi connectivity index (χ1n) is 7.60. The second-order valence-electron chi connectivity index (χ2n) is 5.38. The number of ether oxygens (including phenoxy) is 1. The Labute approximate surface area is 121 Å². The molecule has 0 atom stereocenters. The zero-order chi connectivity index (χ0) is 14.2. The Hall–Kier alpha value is -1.10. The van der Waals surface area contributed by atoms with Gasteiger partial charge in [0.1, 0.15) is 12.4 Å². The van der Waals surface area contributed by atoms with Gasteiger partial charge in [0.25, 0.3) is 0 Å². The molecule has 1 fully saturated rings. The normalized spacial score (nSPS) is 15.3. The number of aliphatic hydroxyl groups is 1. The van der Waals surface area contributed by atoms with Crippen molar-refractivity contribution in [3.63, 3.8) is 0 Å². The van der Waals surface area contributed by atoms with Crippen molar-refractivity contribution in [1.82, 2.24) is 4.90 Å². The summed E-state index contributed by atoms with van der Waals surface area (Å²) in [5, 5.41) is 9.11. The molecule has 1 saturated carbocycles. The Kier molecular flexibility index (Phi) is 6.30. The smallest absolute Gasteiger partial charge is 0.119 e. The van der Waals surface area contributed by atoms with Crippen molar-refractivity contribution in [2.24, 2.45) is 5.73 Å². The van der Waals surface area contributed by atoms with Crippen LogP contribution in [0.1, 0.15) is 24.8 Å². The van der Waals surface area contributed by atoms with E-state index in [1.165, 1.54) is 24.8 Å². The van der Waals surface area contributed by atoms with E-state index in [1.807, 2.05) is 12.1 Å². The number of aliphatic hydroxyl groups excluding tert-OH is 1. The van der Waals surface area contributed by atoms with Gasteiger partial charge in [-0.15, -0.1) is 0 Å². The van der Waals surface area contributed by atoms with E-state index in [-0.39, 0.29) is 6.61 Å². The molecule has 1 aliphatic rings. The largest absolute Gasteiger partial charge is 0.492 e. The van der Waals surface area contributed by atoms with E-state index < -0.39 is 0 Å². The Morgan fingerprint density at radius 3 is 2.50 bits per heavy atom. The van der Waals surface area contributed by atoms with Crippen molar-refractivity contribution in [2.75, 3.05) is 32.8 Å². The summed E-state index contributed by atoms with van der Waals surface area (Å²) in [5.74, 6) is 0.906. The standard InChI is InChI=1S/C16H26N2O2/c17-9-8-14-4-6-16(7-5-14)20-13-11-18(10-12-19)15-2-1-3-15/h4-7,15,19H,1-3,8-13,17H2. The lowest BCUT2D eigenvalue weighted by Gasteiger charge is -2.37. The van der Waals surface area contributed by atoms with Gasteiger partial charge in [0.05, 0.1) is 6.61 Å². The summed E-state index contributed by atoms with van der Waals surface area (Å²) in [6, 6.07) is 8.80. The van der Waals surface area contributed by atoms with Crippen molar-refractivity contribution < 1.29 is 9.84 Å². The van der Waals surface area contributed by atoms with Crippen LogP contribution in [0, 0.1) is 0 Å². The van der Waals surface area contributed by atoms with Gasteiger partial charge in [-0.05, 0) is 43.5 Å². The molecule has 1 aliphatic carbocycles. The highest BCUT2D eigenvalue weighted by molar-refractivity contribution is 5.27. The summed E-state index contributed by atoms with van der Waals surface area (Å²) < 4.78 is 5.78. The Morgan fingerprint density at radius 2 is 1.95 bits per heavy atom. The lowest BCUT2D eigenvalue weighted by atomic mass is 9.91. The van der Waals surface area contributed by atoms with Crippen molar-refractivity contribution in [3.05, 3.63) is 29.8 Å². The molecule has 0 amide bonds. The number of rotatable bonds is 9. The van der Waals surface area contributed by atoms with Crippen molar-refractivity contribution in [1.29, 1.82) is 0 Å². The minimum Gasteiger partial charge on any atom is -0.492 e. The van der Waals surface area contributed by atoms with Crippen LogP contribution in [0.2, 0.25) is 0 Å². The molecule has 0 saturated heterocycles. The van der Waals surface area contributed by atoms with E-state index in [2.05, 4.69) is 17.0 Å². The van der Waals surface area contributed by atoms with Crippen LogP contribution < -0.4 is 10.5 Å². The lowest BCUT2D eigenvalue weighted by Crippen LogP contribution is -2.43. The molecule has 0 bridgehead atoms. The molecule has 112 valence electrons. The Bertz CT molecular complexity index is 377. The highest BCUT2D eigenvalue weighted by Crippen LogP contribution is 2.24. The highest BCUT2D eigenvalue weighted by atomic mass is 16.5. The van der Waals surface area contributed by atoms with Gasteiger partial charge >= 0.3 is 0 Å². The van der Waals surface area contributed by atoms with Gasteiger partial charge in [0.2, 0.25) is 0 Å². The van der Waals surface area contributed by atoms with Gasteiger partial charge in [-0.2, -0.15) is 0 Å². The molecule has 20 heavy (non-hydrogen) atoms. The minimum absolute atomic E-state index is 0.226. The molecule has 0 aromatic heterocycles. The maximum absolute atomic E-state index is 9.11. The average Bonchev–Trinajstić information content (AvgIpc) is 2.39. The second kappa shape index (κ2) is 8.25. The summed E-state index contributed by atoms with van der Waals surface area (Å²) in [6.45, 7) is 3.22. The molecule has 0 radical (unpaired) electrons. The van der Waals surface area contributed by atoms with Gasteiger partial charge in [0.15, 0.2) is 0 Å². The topological polar surface area (TPSA) is 58.7 Å². The first-order chi connectivity index (χ1) is 9.83. The third-order valence-corrected chi connectivity index (χ3v) is 3.98. The van der Waals surface area contributed by atoms with Crippen molar-refractivity contribution >= 4 is 0 Å². The van der Waals surface area contributed by atoms with E-state index in [4.69, 9.17) is 15.6 Å². The van der Waals surface area contributed by atoms with Gasteiger partial charge in [0, 0.05) is 19.1 Å². The van der Waals surface area contributed by atoms with Crippen LogP contribution in [0.25, 0.3) is 0 Å². The van der Waals surface area contributed by atoms with Gasteiger partial charge in [-0.25, -0.2) is 0 Å². The fraction of sp³-hybridized carbons (Fsp3) is 0.625. The zero-order valence-corrected chi connectivity index (χ0v) is 12.1. The number of nitrogens with two attached hydrogens (primary N) is 1. The first-order valence-corrected chi connectivity index (χ1v) is 7.60. The van der Waals surface area contributed by atoms with E-state index in [0.717, 1.165) is 25.3 Å². The van der Waals surface area contributed by atoms with Gasteiger partial charge in [-0.3, -0.25) is 4.90 Å². The lowest BCUT2D eigenvalue weighted by molar-refractivity contribution is 0.0860. The zero-order valence-electron chi connectivity index (χ0n) is 12.1. The van der Waals surface area contributed by atoms with Crippen LogP contribution in [0.3, 0.4) is 0 Å². The number of benzene rings is 1. The highest BCUT2D eigenvalue weighted by Gasteiger charge is 2.24. The quantitative estimate of drug-likeness (QED) is 0.717. The molecular weight excluding hydrogens is 252 g/mol. The summed E-state index contributed by atoms with van der Waals surface area (Å²) in [7, 11) is 0. The predicted molar refractivity (Wildman–Crippen MR) is 81.0 cm³/mol. The Morgan fingerprint density at radius 1 is 1.20 bits per heavy atom. The summed E-state index contributed by atoms with van der Waals surface area (Å²) >= 11 is 0. The molecule has 4 nitrogen and oxygen atoms in total. The third kappa shape index (κ3) is 4.47. The predicted octanol–water partition coefficient (Wildman–Crippen LogP) is 1.41. The second-order valence-corrected chi connectivity index (χ2v) is 5.38. The van der Waals surface area contributed by atoms with Gasteiger partial charge in [-0.1, -0.05) is 18.6 Å². The van der Waals surface area contributed by atoms with E-state index in [1.54, 1.807) is 0 Å². The molecule has 1 aromatic carbocycles. The number of nitrogens with zero attached hydrogens (tertiary/aromatic N) is 1. The SMILES string of the molecule is NCCc1ccc(OCCN(CCO)C2CCC2)cc1. The van der Waals surface area contributed by atoms with E-state index in [9.17, 15) is 0 Å². The van der Waals surface area contributed by atoms with Crippen LogP contribution in [0.5, 0.6) is 5.75 Å². The van der Waals surface area contributed by atoms with Crippen LogP contribution in [-0.2, 0) is 6.42 Å². The molecule has 0 aliphatic heterocycles. The molecule has 0 spiro atoms. The maximum atomic E-state index is 9.11. The van der Waals surface area contributed by atoms with E-state index in [0.29, 0.717) is 19.2 Å². The summed E-state index contributed by atoms with van der Waals surface area (Å²) in [4.78, 5) is 2.34. The molecule has 1 aromatic rings. The number of hydrogen-bond acceptors (Lipinski definition) is 4. The summed E-state index contributed by atoms with van der Waals surface area (Å²) in [6.07, 6.45) is 4.74. The van der Waals surface area contributed by atoms with Crippen molar-refractivity contribution in [3.8, 4) is 5.75 Å². The van der Waals surface area contributed by atoms with Crippen LogP contribution >= 0.6 is 0 Å². The van der Waals surface area contributed by atoms with Crippen LogP contribution in [0.15, 0.2) is 24.3 Å². The molecule has 0 unspecified atom stereocenters.